The molecule has 2 amide bonds. The Bertz CT molecular complexity index is 898. The number of nitrogens with zero attached hydrogens (tertiary/aromatic N) is 1. The predicted molar refractivity (Wildman–Crippen MR) is 125 cm³/mol. The van der Waals surface area contributed by atoms with Crippen molar-refractivity contribution in [3.63, 3.8) is 0 Å². The van der Waals surface area contributed by atoms with Gasteiger partial charge in [0.05, 0.1) is 0 Å². The summed E-state index contributed by atoms with van der Waals surface area (Å²) in [6.07, 6.45) is 0.490. The zero-order chi connectivity index (χ0) is 23.0. The number of carbonyl (C=O) groups excluding carboxylic acids is 2. The fraction of sp³-hybridized carbons (Fsp3) is 0.440. The standard InChI is InChI=1S/C25H33ClN2O3/c1-6-23(25(30)27-14-17(2)3)28(15-20-9-7-8-10-22(20)26)24(29)16-31-21-12-11-18(4)19(5)13-21/h7-13,17,23H,6,14-16H2,1-5H3,(H,27,30)/t23-/m1/s1. The molecule has 6 heteroatoms. The van der Waals surface area contributed by atoms with Gasteiger partial charge in [0.25, 0.3) is 5.91 Å². The van der Waals surface area contributed by atoms with Crippen molar-refractivity contribution in [1.29, 1.82) is 0 Å². The van der Waals surface area contributed by atoms with Gasteiger partial charge in [-0.1, -0.05) is 56.6 Å². The van der Waals surface area contributed by atoms with Crippen LogP contribution in [0.15, 0.2) is 42.5 Å². The Hall–Kier alpha value is -2.53. The number of rotatable bonds is 10. The molecule has 2 aromatic carbocycles. The van der Waals surface area contributed by atoms with Gasteiger partial charge in [-0.2, -0.15) is 0 Å². The van der Waals surface area contributed by atoms with E-state index in [-0.39, 0.29) is 25.0 Å². The molecule has 0 aliphatic carbocycles. The number of aryl methyl sites for hydroxylation is 2. The largest absolute Gasteiger partial charge is 0.484 e. The van der Waals surface area contributed by atoms with Crippen molar-refractivity contribution in [2.24, 2.45) is 5.92 Å². The van der Waals surface area contributed by atoms with E-state index in [2.05, 4.69) is 5.32 Å². The molecule has 0 aliphatic heterocycles. The van der Waals surface area contributed by atoms with Gasteiger partial charge < -0.3 is 15.0 Å². The van der Waals surface area contributed by atoms with E-state index < -0.39 is 6.04 Å². The third-order valence-corrected chi connectivity index (χ3v) is 5.58. The maximum atomic E-state index is 13.2. The first-order valence-electron chi connectivity index (χ1n) is 10.7. The van der Waals surface area contributed by atoms with E-state index in [4.69, 9.17) is 16.3 Å². The van der Waals surface area contributed by atoms with Crippen LogP contribution in [0, 0.1) is 19.8 Å². The van der Waals surface area contributed by atoms with Crippen LogP contribution in [0.2, 0.25) is 5.02 Å². The van der Waals surface area contributed by atoms with Gasteiger partial charge in [0, 0.05) is 18.1 Å². The molecular formula is C25H33ClN2O3. The summed E-state index contributed by atoms with van der Waals surface area (Å²) in [6, 6.07) is 12.5. The summed E-state index contributed by atoms with van der Waals surface area (Å²) in [7, 11) is 0. The first kappa shape index (κ1) is 24.7. The van der Waals surface area contributed by atoms with Gasteiger partial charge in [0.15, 0.2) is 6.61 Å². The third-order valence-electron chi connectivity index (χ3n) is 5.21. The second-order valence-electron chi connectivity index (χ2n) is 8.21. The predicted octanol–water partition coefficient (Wildman–Crippen LogP) is 4.92. The molecular weight excluding hydrogens is 412 g/mol. The van der Waals surface area contributed by atoms with Crippen molar-refractivity contribution in [3.05, 3.63) is 64.2 Å². The monoisotopic (exact) mass is 444 g/mol. The van der Waals surface area contributed by atoms with E-state index in [0.29, 0.717) is 29.7 Å². The highest BCUT2D eigenvalue weighted by Gasteiger charge is 2.29. The molecule has 0 saturated carbocycles. The Balaban J connectivity index is 2.22. The second kappa shape index (κ2) is 11.8. The van der Waals surface area contributed by atoms with Gasteiger partial charge in [-0.05, 0) is 61.1 Å². The summed E-state index contributed by atoms with van der Waals surface area (Å²) in [5.74, 6) is 0.529. The molecule has 1 atom stereocenters. The Kier molecular flexibility index (Phi) is 9.38. The summed E-state index contributed by atoms with van der Waals surface area (Å²) in [5, 5.41) is 3.51. The summed E-state index contributed by atoms with van der Waals surface area (Å²) >= 11 is 6.34. The van der Waals surface area contributed by atoms with Crippen molar-refractivity contribution in [2.45, 2.75) is 53.6 Å². The molecule has 0 aromatic heterocycles. The third kappa shape index (κ3) is 7.28. The molecule has 31 heavy (non-hydrogen) atoms. The first-order chi connectivity index (χ1) is 14.7. The summed E-state index contributed by atoms with van der Waals surface area (Å²) < 4.78 is 5.77. The van der Waals surface area contributed by atoms with Gasteiger partial charge in [-0.15, -0.1) is 0 Å². The summed E-state index contributed by atoms with van der Waals surface area (Å²) in [6.45, 7) is 10.6. The maximum absolute atomic E-state index is 13.2. The minimum Gasteiger partial charge on any atom is -0.484 e. The quantitative estimate of drug-likeness (QED) is 0.566. The van der Waals surface area contributed by atoms with Crippen molar-refractivity contribution < 1.29 is 14.3 Å². The normalized spacial score (nSPS) is 11.8. The van der Waals surface area contributed by atoms with Crippen LogP contribution in [0.3, 0.4) is 0 Å². The lowest BCUT2D eigenvalue weighted by Crippen LogP contribution is -2.50. The summed E-state index contributed by atoms with van der Waals surface area (Å²) in [5.41, 5.74) is 3.04. The lowest BCUT2D eigenvalue weighted by Gasteiger charge is -2.31. The molecule has 2 rings (SSSR count). The summed E-state index contributed by atoms with van der Waals surface area (Å²) in [4.78, 5) is 27.6. The van der Waals surface area contributed by atoms with E-state index >= 15 is 0 Å². The van der Waals surface area contributed by atoms with Gasteiger partial charge in [-0.3, -0.25) is 9.59 Å². The molecule has 0 fully saturated rings. The van der Waals surface area contributed by atoms with Crippen LogP contribution in [-0.4, -0.2) is 35.9 Å². The fourth-order valence-corrected chi connectivity index (χ4v) is 3.38. The molecule has 0 heterocycles. The molecule has 168 valence electrons. The molecule has 2 aromatic rings. The fourth-order valence-electron chi connectivity index (χ4n) is 3.18. The molecule has 1 N–H and O–H groups in total. The molecule has 0 aliphatic rings. The van der Waals surface area contributed by atoms with Gasteiger partial charge in [0.1, 0.15) is 11.8 Å². The second-order valence-corrected chi connectivity index (χ2v) is 8.62. The van der Waals surface area contributed by atoms with Crippen LogP contribution in [0.5, 0.6) is 5.75 Å². The Labute approximate surface area is 190 Å². The van der Waals surface area contributed by atoms with E-state index in [9.17, 15) is 9.59 Å². The van der Waals surface area contributed by atoms with E-state index in [0.717, 1.165) is 16.7 Å². The van der Waals surface area contributed by atoms with Gasteiger partial charge in [0.2, 0.25) is 5.91 Å². The van der Waals surface area contributed by atoms with E-state index in [1.165, 1.54) is 0 Å². The average molecular weight is 445 g/mol. The smallest absolute Gasteiger partial charge is 0.261 e. The molecule has 5 nitrogen and oxygen atoms in total. The molecule has 0 unspecified atom stereocenters. The van der Waals surface area contributed by atoms with E-state index in [1.54, 1.807) is 11.0 Å². The Morgan fingerprint density at radius 3 is 2.42 bits per heavy atom. The lowest BCUT2D eigenvalue weighted by molar-refractivity contribution is -0.143. The van der Waals surface area contributed by atoms with Crippen LogP contribution in [0.25, 0.3) is 0 Å². The number of hydrogen-bond acceptors (Lipinski definition) is 3. The van der Waals surface area contributed by atoms with Crippen LogP contribution in [-0.2, 0) is 16.1 Å². The van der Waals surface area contributed by atoms with E-state index in [1.807, 2.05) is 71.0 Å². The number of carbonyl (C=O) groups is 2. The molecule has 0 bridgehead atoms. The molecule has 0 spiro atoms. The van der Waals surface area contributed by atoms with Crippen molar-refractivity contribution >= 4 is 23.4 Å². The van der Waals surface area contributed by atoms with Gasteiger partial charge >= 0.3 is 0 Å². The number of amides is 2. The number of nitrogens with one attached hydrogen (secondary N) is 1. The Morgan fingerprint density at radius 2 is 1.81 bits per heavy atom. The number of ether oxygens (including phenoxy) is 1. The van der Waals surface area contributed by atoms with Crippen molar-refractivity contribution in [3.8, 4) is 5.75 Å². The minimum absolute atomic E-state index is 0.152. The zero-order valence-corrected chi connectivity index (χ0v) is 19.8. The number of hydrogen-bond donors (Lipinski definition) is 1. The highest BCUT2D eigenvalue weighted by molar-refractivity contribution is 6.31. The molecule has 0 saturated heterocycles. The van der Waals surface area contributed by atoms with Crippen LogP contribution in [0.4, 0.5) is 0 Å². The average Bonchev–Trinajstić information content (AvgIpc) is 2.74. The topological polar surface area (TPSA) is 58.6 Å². The van der Waals surface area contributed by atoms with Crippen molar-refractivity contribution in [1.82, 2.24) is 10.2 Å². The van der Waals surface area contributed by atoms with Crippen molar-refractivity contribution in [2.75, 3.05) is 13.2 Å². The Morgan fingerprint density at radius 1 is 1.10 bits per heavy atom. The first-order valence-corrected chi connectivity index (χ1v) is 11.1. The SMILES string of the molecule is CC[C@H](C(=O)NCC(C)C)N(Cc1ccccc1Cl)C(=O)COc1ccc(C)c(C)c1. The van der Waals surface area contributed by atoms with Crippen LogP contribution in [0.1, 0.15) is 43.9 Å². The molecule has 0 radical (unpaired) electrons. The lowest BCUT2D eigenvalue weighted by atomic mass is 10.1. The number of halogens is 1. The van der Waals surface area contributed by atoms with Crippen LogP contribution < -0.4 is 10.1 Å². The van der Waals surface area contributed by atoms with Crippen LogP contribution >= 0.6 is 11.6 Å². The zero-order valence-electron chi connectivity index (χ0n) is 19.1. The maximum Gasteiger partial charge on any atom is 0.261 e. The van der Waals surface area contributed by atoms with Gasteiger partial charge in [-0.25, -0.2) is 0 Å². The highest BCUT2D eigenvalue weighted by Crippen LogP contribution is 2.21. The minimum atomic E-state index is -0.606. The highest BCUT2D eigenvalue weighted by atomic mass is 35.5. The number of benzene rings is 2.